The van der Waals surface area contributed by atoms with Crippen LogP contribution in [-0.2, 0) is 4.74 Å². The van der Waals surface area contributed by atoms with E-state index < -0.39 is 24.4 Å². The molecule has 0 radical (unpaired) electrons. The zero-order valence-electron chi connectivity index (χ0n) is 11.6. The zero-order valence-corrected chi connectivity index (χ0v) is 12.4. The zero-order chi connectivity index (χ0) is 15.7. The van der Waals surface area contributed by atoms with Crippen molar-refractivity contribution in [1.29, 1.82) is 0 Å². The summed E-state index contributed by atoms with van der Waals surface area (Å²) in [5.41, 5.74) is 1.55. The highest BCUT2D eigenvalue weighted by molar-refractivity contribution is 7.99. The number of aliphatic hydroxyl groups is 3. The van der Waals surface area contributed by atoms with Gasteiger partial charge in [-0.15, -0.1) is 6.58 Å². The fraction of sp³-hybridized carbons (Fsp3) is 0.462. The van der Waals surface area contributed by atoms with Gasteiger partial charge in [0.25, 0.3) is 0 Å². The van der Waals surface area contributed by atoms with Gasteiger partial charge in [0.05, 0.1) is 12.3 Å². The van der Waals surface area contributed by atoms with E-state index in [2.05, 4.69) is 26.7 Å². The Morgan fingerprint density at radius 2 is 2.14 bits per heavy atom. The van der Waals surface area contributed by atoms with Gasteiger partial charge in [0.15, 0.2) is 0 Å². The number of nitrogens with one attached hydrogen (secondary N) is 1. The van der Waals surface area contributed by atoms with Crippen LogP contribution in [0.3, 0.4) is 0 Å². The van der Waals surface area contributed by atoms with Crippen molar-refractivity contribution in [1.82, 2.24) is 20.2 Å². The molecule has 1 fully saturated rings. The molecular formula is C13H16N4O4S. The number of rotatable bonds is 5. The van der Waals surface area contributed by atoms with Gasteiger partial charge in [0, 0.05) is 5.75 Å². The summed E-state index contributed by atoms with van der Waals surface area (Å²) in [4.78, 5) is 8.36. The van der Waals surface area contributed by atoms with Gasteiger partial charge in [-0.25, -0.2) is 9.97 Å². The highest BCUT2D eigenvalue weighted by atomic mass is 32.2. The van der Waals surface area contributed by atoms with Gasteiger partial charge in [-0.1, -0.05) is 17.8 Å². The lowest BCUT2D eigenvalue weighted by molar-refractivity contribution is -0.0236. The minimum Gasteiger partial charge on any atom is -0.394 e. The molecular weight excluding hydrogens is 308 g/mol. The van der Waals surface area contributed by atoms with E-state index in [1.54, 1.807) is 6.08 Å². The van der Waals surface area contributed by atoms with E-state index in [-0.39, 0.29) is 6.61 Å². The Labute approximate surface area is 130 Å². The molecule has 4 atom stereocenters. The summed E-state index contributed by atoms with van der Waals surface area (Å²) < 4.78 is 5.50. The Hall–Kier alpha value is -1.52. The van der Waals surface area contributed by atoms with Crippen LogP contribution in [0, 0.1) is 0 Å². The van der Waals surface area contributed by atoms with Gasteiger partial charge in [-0.3, -0.25) is 5.10 Å². The van der Waals surface area contributed by atoms with Crippen molar-refractivity contribution in [3.8, 4) is 0 Å². The predicted molar refractivity (Wildman–Crippen MR) is 79.3 cm³/mol. The third-order valence-electron chi connectivity index (χ3n) is 3.50. The number of hydrogen-bond acceptors (Lipinski definition) is 8. The molecule has 3 rings (SSSR count). The van der Waals surface area contributed by atoms with E-state index in [1.165, 1.54) is 18.1 Å². The normalized spacial score (nSPS) is 28.3. The number of H-pyrrole nitrogens is 1. The van der Waals surface area contributed by atoms with Gasteiger partial charge in [-0.2, -0.15) is 5.10 Å². The highest BCUT2D eigenvalue weighted by Crippen LogP contribution is 2.36. The fourth-order valence-electron chi connectivity index (χ4n) is 2.41. The molecule has 0 aliphatic carbocycles. The first-order chi connectivity index (χ1) is 10.7. The van der Waals surface area contributed by atoms with Crippen LogP contribution in [-0.4, -0.2) is 66.2 Å². The van der Waals surface area contributed by atoms with Crippen LogP contribution in [0.2, 0.25) is 0 Å². The summed E-state index contributed by atoms with van der Waals surface area (Å²) in [6, 6.07) is 0. The largest absolute Gasteiger partial charge is 0.394 e. The van der Waals surface area contributed by atoms with Gasteiger partial charge < -0.3 is 20.1 Å². The standard InChI is InChI=1S/C13H16N4O4S/c1-2-3-22-13-9-7(14-5-15-13)8(16-17-9)12-11(20)10(19)6(4-18)21-12/h2,5-6,10-12,18-20H,1,3-4H2,(H,16,17)/t6-,10+,11+,12-/m0/s1. The molecule has 0 aromatic carbocycles. The number of hydrogen-bond donors (Lipinski definition) is 4. The van der Waals surface area contributed by atoms with E-state index in [4.69, 9.17) is 9.84 Å². The monoisotopic (exact) mass is 324 g/mol. The van der Waals surface area contributed by atoms with Crippen LogP contribution in [0.25, 0.3) is 11.0 Å². The molecule has 2 aromatic heterocycles. The number of ether oxygens (including phenoxy) is 1. The van der Waals surface area contributed by atoms with Crippen molar-refractivity contribution in [2.24, 2.45) is 0 Å². The molecule has 0 unspecified atom stereocenters. The van der Waals surface area contributed by atoms with E-state index in [0.29, 0.717) is 27.5 Å². The Morgan fingerprint density at radius 3 is 2.82 bits per heavy atom. The minimum absolute atomic E-state index is 0.379. The van der Waals surface area contributed by atoms with Crippen molar-refractivity contribution in [3.63, 3.8) is 0 Å². The van der Waals surface area contributed by atoms with E-state index in [9.17, 15) is 10.2 Å². The topological polar surface area (TPSA) is 124 Å². The maximum absolute atomic E-state index is 10.1. The molecule has 9 heteroatoms. The van der Waals surface area contributed by atoms with Crippen molar-refractivity contribution in [2.75, 3.05) is 12.4 Å². The highest BCUT2D eigenvalue weighted by Gasteiger charge is 2.44. The number of aliphatic hydroxyl groups excluding tert-OH is 3. The number of fused-ring (bicyclic) bond motifs is 1. The smallest absolute Gasteiger partial charge is 0.143 e. The second-order valence-electron chi connectivity index (χ2n) is 4.87. The SMILES string of the molecule is C=CCSc1ncnc2c([C@@H]3O[C@@H](CO)[C@@H](O)[C@H]3O)[nH]nc12. The lowest BCUT2D eigenvalue weighted by Gasteiger charge is -2.12. The molecule has 1 aliphatic heterocycles. The summed E-state index contributed by atoms with van der Waals surface area (Å²) >= 11 is 1.47. The molecule has 1 saturated heterocycles. The first kappa shape index (κ1) is 15.4. The summed E-state index contributed by atoms with van der Waals surface area (Å²) in [6.45, 7) is 3.28. The maximum Gasteiger partial charge on any atom is 0.143 e. The van der Waals surface area contributed by atoms with Crippen LogP contribution >= 0.6 is 11.8 Å². The lowest BCUT2D eigenvalue weighted by Crippen LogP contribution is -2.32. The lowest BCUT2D eigenvalue weighted by atomic mass is 10.1. The second kappa shape index (κ2) is 6.31. The fourth-order valence-corrected chi connectivity index (χ4v) is 3.09. The third kappa shape index (κ3) is 2.50. The number of aromatic amines is 1. The molecule has 1 aliphatic rings. The Kier molecular flexibility index (Phi) is 4.41. The second-order valence-corrected chi connectivity index (χ2v) is 5.88. The number of aromatic nitrogens is 4. The molecule has 0 bridgehead atoms. The molecule has 0 spiro atoms. The van der Waals surface area contributed by atoms with E-state index in [0.717, 1.165) is 0 Å². The maximum atomic E-state index is 10.1. The number of thioether (sulfide) groups is 1. The molecule has 0 amide bonds. The minimum atomic E-state index is -1.17. The van der Waals surface area contributed by atoms with Crippen molar-refractivity contribution in [2.45, 2.75) is 29.4 Å². The van der Waals surface area contributed by atoms with Crippen molar-refractivity contribution in [3.05, 3.63) is 24.7 Å². The summed E-state index contributed by atoms with van der Waals surface area (Å²) in [7, 11) is 0. The van der Waals surface area contributed by atoms with Crippen LogP contribution < -0.4 is 0 Å². The average molecular weight is 324 g/mol. The predicted octanol–water partition coefficient (Wildman–Crippen LogP) is -0.215. The summed E-state index contributed by atoms with van der Waals surface area (Å²) in [5, 5.41) is 36.8. The first-order valence-corrected chi connectivity index (χ1v) is 7.71. The van der Waals surface area contributed by atoms with E-state index in [1.807, 2.05) is 0 Å². The first-order valence-electron chi connectivity index (χ1n) is 6.72. The average Bonchev–Trinajstić information content (AvgIpc) is 3.08. The van der Waals surface area contributed by atoms with Crippen molar-refractivity contribution >= 4 is 22.8 Å². The van der Waals surface area contributed by atoms with Crippen LogP contribution in [0.1, 0.15) is 11.8 Å². The molecule has 4 N–H and O–H groups in total. The number of nitrogens with zero attached hydrogens (tertiary/aromatic N) is 3. The van der Waals surface area contributed by atoms with Crippen LogP contribution in [0.5, 0.6) is 0 Å². The van der Waals surface area contributed by atoms with E-state index >= 15 is 0 Å². The molecule has 8 nitrogen and oxygen atoms in total. The summed E-state index contributed by atoms with van der Waals surface area (Å²) in [5.74, 6) is 0.683. The molecule has 2 aromatic rings. The van der Waals surface area contributed by atoms with Gasteiger partial charge in [0.2, 0.25) is 0 Å². The summed E-state index contributed by atoms with van der Waals surface area (Å²) in [6.07, 6.45) is -0.823. The Bertz CT molecular complexity index is 679. The van der Waals surface area contributed by atoms with Crippen molar-refractivity contribution < 1.29 is 20.1 Å². The Morgan fingerprint density at radius 1 is 1.32 bits per heavy atom. The van der Waals surface area contributed by atoms with Gasteiger partial charge in [-0.05, 0) is 0 Å². The quantitative estimate of drug-likeness (QED) is 0.338. The van der Waals surface area contributed by atoms with Crippen LogP contribution in [0.15, 0.2) is 24.0 Å². The van der Waals surface area contributed by atoms with Gasteiger partial charge >= 0.3 is 0 Å². The molecule has 0 saturated carbocycles. The Balaban J connectivity index is 1.97. The molecule has 22 heavy (non-hydrogen) atoms. The molecule has 118 valence electrons. The van der Waals surface area contributed by atoms with Gasteiger partial charge in [0.1, 0.15) is 46.8 Å². The third-order valence-corrected chi connectivity index (χ3v) is 4.47. The van der Waals surface area contributed by atoms with Crippen LogP contribution in [0.4, 0.5) is 0 Å². The molecule has 3 heterocycles.